The maximum Gasteiger partial charge on any atom is 0.00989 e. The van der Waals surface area contributed by atoms with Crippen molar-refractivity contribution in [1.82, 2.24) is 4.90 Å². The molecule has 2 heteroatoms. The molecule has 92 valence electrons. The summed E-state index contributed by atoms with van der Waals surface area (Å²) >= 11 is 0. The lowest BCUT2D eigenvalue weighted by atomic mass is 9.83. The van der Waals surface area contributed by atoms with Gasteiger partial charge in [0.25, 0.3) is 0 Å². The van der Waals surface area contributed by atoms with Gasteiger partial charge >= 0.3 is 0 Å². The van der Waals surface area contributed by atoms with Crippen LogP contribution in [0.4, 0.5) is 0 Å². The van der Waals surface area contributed by atoms with Crippen LogP contribution in [0.3, 0.4) is 0 Å². The quantitative estimate of drug-likeness (QED) is 0.572. The summed E-state index contributed by atoms with van der Waals surface area (Å²) in [5.41, 5.74) is 6.33. The molecule has 2 rings (SSSR count). The molecule has 2 fully saturated rings. The average molecular weight is 222 g/mol. The standard InChI is InChI=1S/C14H26N2/c1-3-4-5-6-14(15)11-9-12-7-8-13(10-11)16(12)2/h3,11-14H,1,4-10,15H2,2H3. The number of piperidine rings is 1. The van der Waals surface area contributed by atoms with Crippen molar-refractivity contribution in [2.45, 2.75) is 63.1 Å². The summed E-state index contributed by atoms with van der Waals surface area (Å²) in [5, 5.41) is 0. The highest BCUT2D eigenvalue weighted by molar-refractivity contribution is 4.96. The number of fused-ring (bicyclic) bond motifs is 2. The number of nitrogens with zero attached hydrogens (tertiary/aromatic N) is 1. The molecule has 16 heavy (non-hydrogen) atoms. The van der Waals surface area contributed by atoms with E-state index in [9.17, 15) is 0 Å². The van der Waals surface area contributed by atoms with Crippen molar-refractivity contribution in [3.05, 3.63) is 12.7 Å². The Bertz CT molecular complexity index is 225. The maximum absolute atomic E-state index is 6.33. The lowest BCUT2D eigenvalue weighted by molar-refractivity contribution is 0.118. The van der Waals surface area contributed by atoms with Gasteiger partial charge in [-0.1, -0.05) is 6.08 Å². The lowest BCUT2D eigenvalue weighted by Gasteiger charge is -2.38. The molecule has 2 bridgehead atoms. The lowest BCUT2D eigenvalue weighted by Crippen LogP contribution is -2.45. The van der Waals surface area contributed by atoms with Gasteiger partial charge in [0.2, 0.25) is 0 Å². The van der Waals surface area contributed by atoms with Crippen molar-refractivity contribution in [2.24, 2.45) is 11.7 Å². The third-order valence-corrected chi connectivity index (χ3v) is 4.69. The molecule has 0 aromatic carbocycles. The topological polar surface area (TPSA) is 29.3 Å². The van der Waals surface area contributed by atoms with Crippen LogP contribution >= 0.6 is 0 Å². The Hall–Kier alpha value is -0.340. The molecule has 2 saturated heterocycles. The van der Waals surface area contributed by atoms with E-state index in [1.807, 2.05) is 6.08 Å². The van der Waals surface area contributed by atoms with E-state index in [4.69, 9.17) is 5.73 Å². The normalized spacial score (nSPS) is 36.2. The van der Waals surface area contributed by atoms with Gasteiger partial charge in [0.1, 0.15) is 0 Å². The Morgan fingerprint density at radius 1 is 1.38 bits per heavy atom. The first-order valence-electron chi connectivity index (χ1n) is 6.80. The molecule has 2 heterocycles. The van der Waals surface area contributed by atoms with Gasteiger partial charge in [-0.25, -0.2) is 0 Å². The molecule has 3 atom stereocenters. The van der Waals surface area contributed by atoms with Crippen molar-refractivity contribution in [3.63, 3.8) is 0 Å². The van der Waals surface area contributed by atoms with Gasteiger partial charge in [0.05, 0.1) is 0 Å². The van der Waals surface area contributed by atoms with Crippen LogP contribution in [-0.2, 0) is 0 Å². The summed E-state index contributed by atoms with van der Waals surface area (Å²) in [5.74, 6) is 0.776. The zero-order valence-electron chi connectivity index (χ0n) is 10.6. The summed E-state index contributed by atoms with van der Waals surface area (Å²) < 4.78 is 0. The van der Waals surface area contributed by atoms with E-state index >= 15 is 0 Å². The van der Waals surface area contributed by atoms with E-state index in [2.05, 4.69) is 18.5 Å². The van der Waals surface area contributed by atoms with Crippen molar-refractivity contribution >= 4 is 0 Å². The SMILES string of the molecule is C=CCCCC(N)C1CC2CCC(C1)N2C. The minimum Gasteiger partial charge on any atom is -0.327 e. The average Bonchev–Trinajstić information content (AvgIpc) is 2.53. The molecular formula is C14H26N2. The van der Waals surface area contributed by atoms with E-state index in [-0.39, 0.29) is 0 Å². The monoisotopic (exact) mass is 222 g/mol. The van der Waals surface area contributed by atoms with Gasteiger partial charge in [-0.05, 0) is 57.9 Å². The molecule has 2 aliphatic rings. The second-order valence-corrected chi connectivity index (χ2v) is 5.67. The van der Waals surface area contributed by atoms with Crippen molar-refractivity contribution in [3.8, 4) is 0 Å². The fraction of sp³-hybridized carbons (Fsp3) is 0.857. The van der Waals surface area contributed by atoms with E-state index < -0.39 is 0 Å². The number of unbranched alkanes of at least 4 members (excludes halogenated alkanes) is 1. The Balaban J connectivity index is 1.80. The van der Waals surface area contributed by atoms with Crippen LogP contribution in [0.25, 0.3) is 0 Å². The first-order valence-corrected chi connectivity index (χ1v) is 6.80. The van der Waals surface area contributed by atoms with Crippen LogP contribution in [0, 0.1) is 5.92 Å². The molecule has 3 unspecified atom stereocenters. The molecular weight excluding hydrogens is 196 g/mol. The van der Waals surface area contributed by atoms with Crippen LogP contribution in [0.1, 0.15) is 44.9 Å². The Labute approximate surface area is 99.9 Å². The maximum atomic E-state index is 6.33. The van der Waals surface area contributed by atoms with Crippen LogP contribution in [0.15, 0.2) is 12.7 Å². The van der Waals surface area contributed by atoms with E-state index in [0.29, 0.717) is 6.04 Å². The Morgan fingerprint density at radius 3 is 2.56 bits per heavy atom. The molecule has 2 aliphatic heterocycles. The third kappa shape index (κ3) is 2.49. The third-order valence-electron chi connectivity index (χ3n) is 4.69. The molecule has 0 radical (unpaired) electrons. The zero-order valence-corrected chi connectivity index (χ0v) is 10.6. The van der Waals surface area contributed by atoms with E-state index in [1.54, 1.807) is 0 Å². The summed E-state index contributed by atoms with van der Waals surface area (Å²) in [6, 6.07) is 2.08. The second kappa shape index (κ2) is 5.33. The molecule has 0 spiro atoms. The summed E-state index contributed by atoms with van der Waals surface area (Å²) in [4.78, 5) is 2.59. The van der Waals surface area contributed by atoms with Crippen LogP contribution in [-0.4, -0.2) is 30.1 Å². The highest BCUT2D eigenvalue weighted by Gasteiger charge is 2.39. The number of hydrogen-bond acceptors (Lipinski definition) is 2. The molecule has 2 nitrogen and oxygen atoms in total. The predicted molar refractivity (Wildman–Crippen MR) is 69.3 cm³/mol. The van der Waals surface area contributed by atoms with E-state index in [1.165, 1.54) is 38.5 Å². The number of hydrogen-bond donors (Lipinski definition) is 1. The molecule has 0 aromatic rings. The highest BCUT2D eigenvalue weighted by atomic mass is 15.2. The first-order chi connectivity index (χ1) is 7.72. The molecule has 2 N–H and O–H groups in total. The predicted octanol–water partition coefficient (Wildman–Crippen LogP) is 2.54. The van der Waals surface area contributed by atoms with Gasteiger partial charge in [0.15, 0.2) is 0 Å². The number of allylic oxidation sites excluding steroid dienone is 1. The Kier molecular flexibility index (Phi) is 4.04. The van der Waals surface area contributed by atoms with Crippen LogP contribution in [0.2, 0.25) is 0 Å². The molecule has 0 amide bonds. The smallest absolute Gasteiger partial charge is 0.00989 e. The fourth-order valence-electron chi connectivity index (χ4n) is 3.54. The molecule has 0 saturated carbocycles. The van der Waals surface area contributed by atoms with Crippen molar-refractivity contribution in [2.75, 3.05) is 7.05 Å². The number of nitrogens with two attached hydrogens (primary N) is 1. The highest BCUT2D eigenvalue weighted by Crippen LogP contribution is 2.38. The summed E-state index contributed by atoms with van der Waals surface area (Å²) in [6.45, 7) is 3.77. The van der Waals surface area contributed by atoms with Crippen LogP contribution < -0.4 is 5.73 Å². The minimum atomic E-state index is 0.428. The fourth-order valence-corrected chi connectivity index (χ4v) is 3.54. The molecule has 0 aliphatic carbocycles. The summed E-state index contributed by atoms with van der Waals surface area (Å²) in [6.07, 6.45) is 11.0. The van der Waals surface area contributed by atoms with Gasteiger partial charge in [0, 0.05) is 18.1 Å². The van der Waals surface area contributed by atoms with Gasteiger partial charge in [-0.3, -0.25) is 0 Å². The largest absolute Gasteiger partial charge is 0.327 e. The van der Waals surface area contributed by atoms with Gasteiger partial charge in [-0.2, -0.15) is 0 Å². The van der Waals surface area contributed by atoms with Crippen molar-refractivity contribution in [1.29, 1.82) is 0 Å². The van der Waals surface area contributed by atoms with Crippen LogP contribution in [0.5, 0.6) is 0 Å². The summed E-state index contributed by atoms with van der Waals surface area (Å²) in [7, 11) is 2.29. The Morgan fingerprint density at radius 2 is 2.00 bits per heavy atom. The second-order valence-electron chi connectivity index (χ2n) is 5.67. The van der Waals surface area contributed by atoms with Gasteiger partial charge < -0.3 is 10.6 Å². The van der Waals surface area contributed by atoms with Gasteiger partial charge in [-0.15, -0.1) is 6.58 Å². The van der Waals surface area contributed by atoms with E-state index in [0.717, 1.165) is 24.4 Å². The zero-order chi connectivity index (χ0) is 11.5. The van der Waals surface area contributed by atoms with Crippen molar-refractivity contribution < 1.29 is 0 Å². The minimum absolute atomic E-state index is 0.428. The molecule has 0 aromatic heterocycles. The first kappa shape index (κ1) is 12.1. The number of rotatable bonds is 5.